The summed E-state index contributed by atoms with van der Waals surface area (Å²) < 4.78 is 13.2. The molecular weight excluding hydrogens is 622 g/mol. The summed E-state index contributed by atoms with van der Waals surface area (Å²) >= 11 is 3.76. The van der Waals surface area contributed by atoms with Crippen LogP contribution in [0.4, 0.5) is 0 Å². The Morgan fingerprint density at radius 1 is 0.356 bits per heavy atom. The molecule has 9 aromatic rings. The van der Waals surface area contributed by atoms with Gasteiger partial charge in [0.1, 0.15) is 22.3 Å². The number of fused-ring (bicyclic) bond motifs is 6. The largest absolute Gasteiger partial charge is 0.456 e. The van der Waals surface area contributed by atoms with Crippen LogP contribution in [0.5, 0.6) is 0 Å². The van der Waals surface area contributed by atoms with Crippen molar-refractivity contribution < 1.29 is 8.83 Å². The second-order valence-corrected chi connectivity index (χ2v) is 11.9. The molecule has 3 aromatic heterocycles. The Balaban J connectivity index is 1.21. The first kappa shape index (κ1) is 25.9. The molecule has 45 heavy (non-hydrogen) atoms. The Bertz CT molecular complexity index is 2570. The number of nitrogens with zero attached hydrogens (tertiary/aromatic N) is 3. The second kappa shape index (κ2) is 10.3. The molecule has 0 spiro atoms. The van der Waals surface area contributed by atoms with E-state index in [1.807, 2.05) is 84.9 Å². The summed E-state index contributed by atoms with van der Waals surface area (Å²) in [6.07, 6.45) is 0. The summed E-state index contributed by atoms with van der Waals surface area (Å²) in [5.41, 5.74) is 8.16. The molecule has 3 heterocycles. The number of rotatable bonds is 4. The van der Waals surface area contributed by atoms with Crippen LogP contribution in [0.2, 0.25) is 0 Å². The summed E-state index contributed by atoms with van der Waals surface area (Å²) in [5, 5.41) is 4.33. The zero-order valence-corrected chi connectivity index (χ0v) is 25.3. The lowest BCUT2D eigenvalue weighted by atomic mass is 10.0. The maximum absolute atomic E-state index is 6.19. The van der Waals surface area contributed by atoms with E-state index in [-0.39, 0.29) is 0 Å². The Morgan fingerprint density at radius 3 is 1.69 bits per heavy atom. The van der Waals surface area contributed by atoms with Gasteiger partial charge in [-0.3, -0.25) is 0 Å². The predicted octanol–water partition coefficient (Wildman–Crippen LogP) is 11.1. The van der Waals surface area contributed by atoms with Gasteiger partial charge in [0.15, 0.2) is 17.5 Å². The molecule has 0 aliphatic carbocycles. The number of halogens is 1. The molecule has 0 unspecified atom stereocenters. The van der Waals surface area contributed by atoms with Gasteiger partial charge in [-0.2, -0.15) is 0 Å². The second-order valence-electron chi connectivity index (χ2n) is 11.0. The van der Waals surface area contributed by atoms with E-state index in [2.05, 4.69) is 64.5 Å². The average molecular weight is 645 g/mol. The third-order valence-corrected chi connectivity index (χ3v) is 8.63. The third kappa shape index (κ3) is 4.50. The number of para-hydroxylation sites is 2. The number of hydrogen-bond acceptors (Lipinski definition) is 5. The molecule has 9 rings (SSSR count). The van der Waals surface area contributed by atoms with Crippen LogP contribution >= 0.6 is 15.9 Å². The number of furan rings is 2. The lowest BCUT2D eigenvalue weighted by Gasteiger charge is -2.10. The lowest BCUT2D eigenvalue weighted by Crippen LogP contribution is -2.00. The van der Waals surface area contributed by atoms with Gasteiger partial charge in [0.25, 0.3) is 0 Å². The SMILES string of the molecule is Brc1cc(-c2ccc3oc4ccccc4c3c2)cc(-c2nc(-c3ccccc3)nc(-c3ccc4c(c3)oc3ccccc34)n2)c1. The number of hydrogen-bond donors (Lipinski definition) is 0. The van der Waals surface area contributed by atoms with E-state index in [1.165, 1.54) is 0 Å². The quantitative estimate of drug-likeness (QED) is 0.191. The zero-order valence-electron chi connectivity index (χ0n) is 23.7. The molecule has 0 amide bonds. The molecule has 0 atom stereocenters. The minimum atomic E-state index is 0.578. The van der Waals surface area contributed by atoms with E-state index in [0.29, 0.717) is 17.5 Å². The monoisotopic (exact) mass is 643 g/mol. The molecule has 0 aliphatic heterocycles. The minimum Gasteiger partial charge on any atom is -0.456 e. The van der Waals surface area contributed by atoms with Crippen LogP contribution in [-0.4, -0.2) is 15.0 Å². The fourth-order valence-electron chi connectivity index (χ4n) is 6.01. The highest BCUT2D eigenvalue weighted by Gasteiger charge is 2.16. The maximum Gasteiger partial charge on any atom is 0.164 e. The predicted molar refractivity (Wildman–Crippen MR) is 184 cm³/mol. The highest BCUT2D eigenvalue weighted by atomic mass is 79.9. The fraction of sp³-hybridized carbons (Fsp3) is 0. The van der Waals surface area contributed by atoms with Crippen LogP contribution in [0.1, 0.15) is 0 Å². The van der Waals surface area contributed by atoms with Gasteiger partial charge in [-0.15, -0.1) is 0 Å². The number of benzene rings is 6. The van der Waals surface area contributed by atoms with E-state index in [4.69, 9.17) is 23.8 Å². The van der Waals surface area contributed by atoms with E-state index < -0.39 is 0 Å². The fourth-order valence-corrected chi connectivity index (χ4v) is 6.50. The van der Waals surface area contributed by atoms with Gasteiger partial charge >= 0.3 is 0 Å². The minimum absolute atomic E-state index is 0.578. The molecule has 5 nitrogen and oxygen atoms in total. The molecule has 0 bridgehead atoms. The Kier molecular flexibility index (Phi) is 5.89. The molecule has 6 heteroatoms. The lowest BCUT2D eigenvalue weighted by molar-refractivity contribution is 0.668. The van der Waals surface area contributed by atoms with Crippen molar-refractivity contribution in [3.8, 4) is 45.3 Å². The van der Waals surface area contributed by atoms with Crippen molar-refractivity contribution in [3.05, 3.63) is 138 Å². The molecule has 6 aromatic carbocycles. The van der Waals surface area contributed by atoms with Crippen LogP contribution in [0, 0.1) is 0 Å². The van der Waals surface area contributed by atoms with Crippen molar-refractivity contribution >= 4 is 59.8 Å². The molecule has 0 radical (unpaired) electrons. The average Bonchev–Trinajstić information content (AvgIpc) is 3.66. The van der Waals surface area contributed by atoms with Gasteiger partial charge in [-0.1, -0.05) is 94.8 Å². The number of aromatic nitrogens is 3. The van der Waals surface area contributed by atoms with E-state index in [1.54, 1.807) is 0 Å². The first-order valence-electron chi connectivity index (χ1n) is 14.6. The molecule has 0 aliphatic rings. The summed E-state index contributed by atoms with van der Waals surface area (Å²) in [7, 11) is 0. The first-order valence-corrected chi connectivity index (χ1v) is 15.4. The van der Waals surface area contributed by atoms with E-state index in [9.17, 15) is 0 Å². The van der Waals surface area contributed by atoms with Crippen LogP contribution in [0.3, 0.4) is 0 Å². The van der Waals surface area contributed by atoms with Crippen molar-refractivity contribution in [3.63, 3.8) is 0 Å². The van der Waals surface area contributed by atoms with Crippen molar-refractivity contribution in [2.45, 2.75) is 0 Å². The normalized spacial score (nSPS) is 11.7. The molecule has 0 N–H and O–H groups in total. The first-order chi connectivity index (χ1) is 22.2. The third-order valence-electron chi connectivity index (χ3n) is 8.17. The summed E-state index contributed by atoms with van der Waals surface area (Å²) in [4.78, 5) is 14.9. The summed E-state index contributed by atoms with van der Waals surface area (Å²) in [6, 6.07) is 44.9. The van der Waals surface area contributed by atoms with Crippen molar-refractivity contribution in [2.75, 3.05) is 0 Å². The Morgan fingerprint density at radius 2 is 0.911 bits per heavy atom. The zero-order chi connectivity index (χ0) is 29.9. The van der Waals surface area contributed by atoms with E-state index >= 15 is 0 Å². The van der Waals surface area contributed by atoms with Crippen LogP contribution in [0.25, 0.3) is 89.2 Å². The molecule has 0 saturated carbocycles. The van der Waals surface area contributed by atoms with Crippen LogP contribution in [0.15, 0.2) is 147 Å². The van der Waals surface area contributed by atoms with Crippen molar-refractivity contribution in [1.29, 1.82) is 0 Å². The highest BCUT2D eigenvalue weighted by molar-refractivity contribution is 9.10. The van der Waals surface area contributed by atoms with E-state index in [0.717, 1.165) is 76.2 Å². The summed E-state index contributed by atoms with van der Waals surface area (Å²) in [6.45, 7) is 0. The van der Waals surface area contributed by atoms with Crippen LogP contribution < -0.4 is 0 Å². The smallest absolute Gasteiger partial charge is 0.164 e. The van der Waals surface area contributed by atoms with Gasteiger partial charge in [-0.05, 0) is 65.7 Å². The van der Waals surface area contributed by atoms with Crippen molar-refractivity contribution in [2.24, 2.45) is 0 Å². The Labute approximate surface area is 266 Å². The molecule has 0 fully saturated rings. The van der Waals surface area contributed by atoms with Gasteiger partial charge in [0, 0.05) is 42.7 Å². The molecule has 212 valence electrons. The Hall–Kier alpha value is -5.59. The maximum atomic E-state index is 6.19. The highest BCUT2D eigenvalue weighted by Crippen LogP contribution is 2.36. The van der Waals surface area contributed by atoms with Gasteiger partial charge in [0.2, 0.25) is 0 Å². The molecular formula is C39H22BrN3O2. The van der Waals surface area contributed by atoms with Gasteiger partial charge in [-0.25, -0.2) is 15.0 Å². The van der Waals surface area contributed by atoms with Gasteiger partial charge in [0.05, 0.1) is 0 Å². The van der Waals surface area contributed by atoms with Crippen molar-refractivity contribution in [1.82, 2.24) is 15.0 Å². The van der Waals surface area contributed by atoms with Gasteiger partial charge < -0.3 is 8.83 Å². The topological polar surface area (TPSA) is 65.0 Å². The standard InChI is InChI=1S/C39H22BrN3O2/c40-28-19-26(24-15-17-35-32(21-24)30-11-5-7-13-34(30)44-35)18-27(20-28)39-42-37(23-8-2-1-3-9-23)41-38(43-39)25-14-16-31-29-10-4-6-12-33(29)45-36(31)22-25/h1-22H. The molecule has 0 saturated heterocycles. The summed E-state index contributed by atoms with van der Waals surface area (Å²) in [5.74, 6) is 1.77. The van der Waals surface area contributed by atoms with Crippen LogP contribution in [-0.2, 0) is 0 Å².